The van der Waals surface area contributed by atoms with Gasteiger partial charge in [0.25, 0.3) is 0 Å². The Morgan fingerprint density at radius 3 is 2.77 bits per heavy atom. The molecule has 6 nitrogen and oxygen atoms in total. The molecule has 1 aromatic carbocycles. The molecule has 7 heteroatoms. The molecule has 22 heavy (non-hydrogen) atoms. The Kier molecular flexibility index (Phi) is 4.57. The first-order valence-corrected chi connectivity index (χ1v) is 8.11. The highest BCUT2D eigenvalue weighted by Gasteiger charge is 2.22. The van der Waals surface area contributed by atoms with Crippen LogP contribution < -0.4 is 5.32 Å². The first-order chi connectivity index (χ1) is 10.8. The summed E-state index contributed by atoms with van der Waals surface area (Å²) in [5.74, 6) is 0. The zero-order valence-electron chi connectivity index (χ0n) is 11.8. The fraction of sp³-hybridized carbons (Fsp3) is 0.200. The zero-order valence-corrected chi connectivity index (χ0v) is 12.6. The van der Waals surface area contributed by atoms with Crippen LogP contribution in [-0.4, -0.2) is 37.4 Å². The van der Waals surface area contributed by atoms with Crippen molar-refractivity contribution in [1.29, 1.82) is 0 Å². The lowest BCUT2D eigenvalue weighted by atomic mass is 10.2. The lowest BCUT2D eigenvalue weighted by Crippen LogP contribution is -2.28. The summed E-state index contributed by atoms with van der Waals surface area (Å²) >= 11 is 0. The second-order valence-corrected chi connectivity index (χ2v) is 6.14. The van der Waals surface area contributed by atoms with E-state index in [-0.39, 0.29) is 6.61 Å². The number of imidazole rings is 1. The molecule has 2 aromatic heterocycles. The summed E-state index contributed by atoms with van der Waals surface area (Å²) in [6, 6.07) is 13.1. The number of hydrogen-bond donors (Lipinski definition) is 3. The van der Waals surface area contributed by atoms with Crippen molar-refractivity contribution in [1.82, 2.24) is 20.3 Å². The fourth-order valence-electron chi connectivity index (χ4n) is 2.17. The van der Waals surface area contributed by atoms with Crippen LogP contribution in [-0.2, 0) is 10.8 Å². The number of rotatable bonds is 6. The van der Waals surface area contributed by atoms with Crippen molar-refractivity contribution in [3.8, 4) is 0 Å². The van der Waals surface area contributed by atoms with Gasteiger partial charge in [-0.15, -0.1) is 0 Å². The molecule has 0 fully saturated rings. The van der Waals surface area contributed by atoms with Gasteiger partial charge >= 0.3 is 0 Å². The van der Waals surface area contributed by atoms with Gasteiger partial charge in [0.1, 0.15) is 16.2 Å². The highest BCUT2D eigenvalue weighted by molar-refractivity contribution is 7.85. The third-order valence-corrected chi connectivity index (χ3v) is 4.63. The molecule has 2 atom stereocenters. The summed E-state index contributed by atoms with van der Waals surface area (Å²) in [4.78, 5) is 11.5. The maximum absolute atomic E-state index is 12.9. The van der Waals surface area contributed by atoms with Gasteiger partial charge in [0, 0.05) is 12.7 Å². The number of aromatic nitrogens is 3. The van der Waals surface area contributed by atoms with Crippen molar-refractivity contribution < 1.29 is 9.32 Å². The van der Waals surface area contributed by atoms with Crippen LogP contribution in [0, 0.1) is 0 Å². The number of aromatic amines is 1. The minimum Gasteiger partial charge on any atom is -0.395 e. The first-order valence-electron chi connectivity index (χ1n) is 6.90. The van der Waals surface area contributed by atoms with Crippen LogP contribution in [0.4, 0.5) is 0 Å². The van der Waals surface area contributed by atoms with E-state index in [1.807, 2.05) is 36.4 Å². The fourth-order valence-corrected chi connectivity index (χ4v) is 3.45. The standard InChI is InChI=1S/C15H16N4O2S/c20-10-9-17-14(11-5-2-1-3-6-11)22(21)15-18-12-7-4-8-16-13(12)19-15/h1-8,14,17,20H,9-10H2,(H,16,18,19). The summed E-state index contributed by atoms with van der Waals surface area (Å²) in [6.07, 6.45) is 1.65. The van der Waals surface area contributed by atoms with E-state index >= 15 is 0 Å². The SMILES string of the molecule is O=S(c1nc2ncccc2[nH]1)C(NCCO)c1ccccc1. The average molecular weight is 316 g/mol. The van der Waals surface area contributed by atoms with E-state index in [1.54, 1.807) is 12.3 Å². The van der Waals surface area contributed by atoms with Crippen molar-refractivity contribution in [2.45, 2.75) is 10.5 Å². The number of H-pyrrole nitrogens is 1. The highest BCUT2D eigenvalue weighted by atomic mass is 32.2. The molecule has 0 spiro atoms. The molecule has 0 saturated heterocycles. The number of benzene rings is 1. The molecule has 2 heterocycles. The quantitative estimate of drug-likeness (QED) is 0.638. The van der Waals surface area contributed by atoms with E-state index in [9.17, 15) is 4.21 Å². The zero-order chi connectivity index (χ0) is 15.4. The van der Waals surface area contributed by atoms with Crippen LogP contribution in [0.15, 0.2) is 53.8 Å². The van der Waals surface area contributed by atoms with Gasteiger partial charge < -0.3 is 10.1 Å². The van der Waals surface area contributed by atoms with Gasteiger partial charge in [-0.1, -0.05) is 30.3 Å². The van der Waals surface area contributed by atoms with Crippen molar-refractivity contribution in [3.63, 3.8) is 0 Å². The number of nitrogens with zero attached hydrogens (tertiary/aromatic N) is 2. The minimum absolute atomic E-state index is 0.0256. The first kappa shape index (κ1) is 14.8. The van der Waals surface area contributed by atoms with Crippen molar-refractivity contribution in [2.75, 3.05) is 13.2 Å². The van der Waals surface area contributed by atoms with Crippen molar-refractivity contribution in [3.05, 3.63) is 54.2 Å². The minimum atomic E-state index is -1.44. The van der Waals surface area contributed by atoms with E-state index in [4.69, 9.17) is 5.11 Å². The molecule has 114 valence electrons. The van der Waals surface area contributed by atoms with Gasteiger partial charge in [-0.05, 0) is 17.7 Å². The number of hydrogen-bond acceptors (Lipinski definition) is 5. The molecule has 0 aliphatic carbocycles. The molecular weight excluding hydrogens is 300 g/mol. The number of aliphatic hydroxyl groups is 1. The second-order valence-electron chi connectivity index (χ2n) is 4.68. The van der Waals surface area contributed by atoms with Gasteiger partial charge in [0.2, 0.25) is 5.16 Å². The molecule has 0 saturated carbocycles. The van der Waals surface area contributed by atoms with E-state index in [0.717, 1.165) is 11.1 Å². The smallest absolute Gasteiger partial charge is 0.200 e. The van der Waals surface area contributed by atoms with Gasteiger partial charge in [-0.3, -0.25) is 5.32 Å². The van der Waals surface area contributed by atoms with Gasteiger partial charge in [-0.25, -0.2) is 14.2 Å². The molecule has 0 radical (unpaired) electrons. The van der Waals surface area contributed by atoms with Gasteiger partial charge in [0.15, 0.2) is 5.65 Å². The maximum Gasteiger partial charge on any atom is 0.200 e. The Labute approximate surface area is 130 Å². The Morgan fingerprint density at radius 1 is 1.23 bits per heavy atom. The molecule has 3 aromatic rings. The maximum atomic E-state index is 12.9. The summed E-state index contributed by atoms with van der Waals surface area (Å²) in [6.45, 7) is 0.325. The van der Waals surface area contributed by atoms with E-state index in [0.29, 0.717) is 17.3 Å². The van der Waals surface area contributed by atoms with E-state index < -0.39 is 16.2 Å². The number of nitrogens with one attached hydrogen (secondary N) is 2. The monoisotopic (exact) mass is 316 g/mol. The predicted molar refractivity (Wildman–Crippen MR) is 84.6 cm³/mol. The number of aliphatic hydroxyl groups excluding tert-OH is 1. The predicted octanol–water partition coefficient (Wildman–Crippen LogP) is 1.35. The third-order valence-electron chi connectivity index (χ3n) is 3.18. The molecule has 2 unspecified atom stereocenters. The van der Waals surface area contributed by atoms with Gasteiger partial charge in [0.05, 0.1) is 12.1 Å². The van der Waals surface area contributed by atoms with Crippen LogP contribution in [0.2, 0.25) is 0 Å². The lowest BCUT2D eigenvalue weighted by molar-refractivity contribution is 0.291. The van der Waals surface area contributed by atoms with Crippen LogP contribution >= 0.6 is 0 Å². The summed E-state index contributed by atoms with van der Waals surface area (Å²) in [5, 5.41) is 12.1. The van der Waals surface area contributed by atoms with Crippen LogP contribution in [0.5, 0.6) is 0 Å². The topological polar surface area (TPSA) is 90.9 Å². The lowest BCUT2D eigenvalue weighted by Gasteiger charge is -2.16. The summed E-state index contributed by atoms with van der Waals surface area (Å²) in [5.41, 5.74) is 2.17. The van der Waals surface area contributed by atoms with E-state index in [2.05, 4.69) is 20.3 Å². The second kappa shape index (κ2) is 6.78. The van der Waals surface area contributed by atoms with Crippen LogP contribution in [0.3, 0.4) is 0 Å². The van der Waals surface area contributed by atoms with Crippen LogP contribution in [0.25, 0.3) is 11.2 Å². The Hall–Kier alpha value is -2.09. The van der Waals surface area contributed by atoms with Crippen molar-refractivity contribution >= 4 is 22.0 Å². The molecular formula is C15H16N4O2S. The Bertz CT molecular complexity index is 742. The molecule has 0 aliphatic heterocycles. The van der Waals surface area contributed by atoms with Crippen molar-refractivity contribution in [2.24, 2.45) is 0 Å². The molecule has 0 bridgehead atoms. The normalized spacial score (nSPS) is 14.0. The Balaban J connectivity index is 1.94. The molecule has 3 N–H and O–H groups in total. The molecule has 0 aliphatic rings. The van der Waals surface area contributed by atoms with Crippen LogP contribution in [0.1, 0.15) is 10.9 Å². The summed E-state index contributed by atoms with van der Waals surface area (Å²) in [7, 11) is -1.44. The summed E-state index contributed by atoms with van der Waals surface area (Å²) < 4.78 is 12.9. The Morgan fingerprint density at radius 2 is 2.05 bits per heavy atom. The molecule has 0 amide bonds. The average Bonchev–Trinajstić information content (AvgIpc) is 3.00. The largest absolute Gasteiger partial charge is 0.395 e. The number of fused-ring (bicyclic) bond motifs is 1. The third kappa shape index (κ3) is 3.06. The van der Waals surface area contributed by atoms with E-state index in [1.165, 1.54) is 0 Å². The molecule has 3 rings (SSSR count). The highest BCUT2D eigenvalue weighted by Crippen LogP contribution is 2.22. The van der Waals surface area contributed by atoms with Gasteiger partial charge in [-0.2, -0.15) is 0 Å². The number of pyridine rings is 1.